The number of benzene rings is 1. The number of anilines is 1. The number of carbonyl (C=O) groups excluding carboxylic acids is 2. The van der Waals surface area contributed by atoms with Gasteiger partial charge in [0.05, 0.1) is 12.1 Å². The second-order valence-electron chi connectivity index (χ2n) is 4.00. The molecule has 0 saturated heterocycles. The fourth-order valence-corrected chi connectivity index (χ4v) is 2.03. The predicted octanol–water partition coefficient (Wildman–Crippen LogP) is 1.63. The molecule has 1 aromatic carbocycles. The molecule has 0 radical (unpaired) electrons. The van der Waals surface area contributed by atoms with Crippen LogP contribution in [-0.2, 0) is 4.79 Å². The van der Waals surface area contributed by atoms with Crippen molar-refractivity contribution in [2.24, 2.45) is 0 Å². The maximum atomic E-state index is 12.3. The number of carbonyl (C=O) groups is 2. The summed E-state index contributed by atoms with van der Waals surface area (Å²) >= 11 is 3.29. The van der Waals surface area contributed by atoms with Crippen molar-refractivity contribution in [2.75, 3.05) is 25.4 Å². The third kappa shape index (κ3) is 4.24. The van der Waals surface area contributed by atoms with E-state index in [9.17, 15) is 9.59 Å². The first kappa shape index (κ1) is 15.5. The minimum Gasteiger partial charge on any atom is -0.398 e. The number of nitrogens with one attached hydrogen (secondary N) is 1. The SMILES string of the molecule is CCNC(=O)CN(CC)C(=O)c1ccc(Br)cc1N. The van der Waals surface area contributed by atoms with E-state index in [2.05, 4.69) is 21.2 Å². The minimum absolute atomic E-state index is 0.0404. The van der Waals surface area contributed by atoms with Gasteiger partial charge < -0.3 is 16.0 Å². The summed E-state index contributed by atoms with van der Waals surface area (Å²) in [4.78, 5) is 25.3. The van der Waals surface area contributed by atoms with Crippen LogP contribution in [-0.4, -0.2) is 36.3 Å². The molecule has 0 fully saturated rings. The van der Waals surface area contributed by atoms with Gasteiger partial charge in [0.25, 0.3) is 5.91 Å². The molecule has 0 bridgehead atoms. The highest BCUT2D eigenvalue weighted by Crippen LogP contribution is 2.20. The van der Waals surface area contributed by atoms with E-state index in [4.69, 9.17) is 5.73 Å². The lowest BCUT2D eigenvalue weighted by Crippen LogP contribution is -2.40. The molecule has 6 heteroatoms. The summed E-state index contributed by atoms with van der Waals surface area (Å²) in [6.45, 7) is 4.70. The Kier molecular flexibility index (Phi) is 5.82. The molecule has 0 aliphatic heterocycles. The van der Waals surface area contributed by atoms with Crippen molar-refractivity contribution in [3.63, 3.8) is 0 Å². The van der Waals surface area contributed by atoms with Gasteiger partial charge in [-0.25, -0.2) is 0 Å². The molecule has 0 atom stereocenters. The van der Waals surface area contributed by atoms with Gasteiger partial charge in [0.15, 0.2) is 0 Å². The van der Waals surface area contributed by atoms with Crippen molar-refractivity contribution in [3.05, 3.63) is 28.2 Å². The average Bonchev–Trinajstić information content (AvgIpc) is 2.35. The molecule has 5 nitrogen and oxygen atoms in total. The van der Waals surface area contributed by atoms with E-state index in [-0.39, 0.29) is 18.4 Å². The summed E-state index contributed by atoms with van der Waals surface area (Å²) in [5, 5.41) is 2.67. The molecule has 3 N–H and O–H groups in total. The number of nitrogen functional groups attached to an aromatic ring is 1. The van der Waals surface area contributed by atoms with Crippen LogP contribution < -0.4 is 11.1 Å². The van der Waals surface area contributed by atoms with E-state index in [0.717, 1.165) is 4.47 Å². The Morgan fingerprint density at radius 1 is 1.37 bits per heavy atom. The maximum Gasteiger partial charge on any atom is 0.256 e. The van der Waals surface area contributed by atoms with E-state index in [1.54, 1.807) is 18.2 Å². The number of nitrogens with zero attached hydrogens (tertiary/aromatic N) is 1. The number of rotatable bonds is 5. The van der Waals surface area contributed by atoms with Crippen molar-refractivity contribution in [1.29, 1.82) is 0 Å². The largest absolute Gasteiger partial charge is 0.398 e. The van der Waals surface area contributed by atoms with E-state index >= 15 is 0 Å². The molecule has 104 valence electrons. The summed E-state index contributed by atoms with van der Waals surface area (Å²) < 4.78 is 0.813. The third-order valence-electron chi connectivity index (χ3n) is 2.62. The quantitative estimate of drug-likeness (QED) is 0.807. The summed E-state index contributed by atoms with van der Waals surface area (Å²) in [5.74, 6) is -0.410. The molecule has 1 aromatic rings. The van der Waals surface area contributed by atoms with E-state index in [1.165, 1.54) is 4.90 Å². The van der Waals surface area contributed by atoms with E-state index in [1.807, 2.05) is 13.8 Å². The Balaban J connectivity index is 2.86. The summed E-state index contributed by atoms with van der Waals surface area (Å²) in [6, 6.07) is 5.08. The highest BCUT2D eigenvalue weighted by molar-refractivity contribution is 9.10. The second-order valence-corrected chi connectivity index (χ2v) is 4.92. The zero-order valence-corrected chi connectivity index (χ0v) is 12.7. The molecule has 2 amide bonds. The number of halogens is 1. The summed E-state index contributed by atoms with van der Waals surface area (Å²) in [5.41, 5.74) is 6.63. The van der Waals surface area contributed by atoms with Crippen molar-refractivity contribution in [1.82, 2.24) is 10.2 Å². The number of likely N-dealkylation sites (N-methyl/N-ethyl adjacent to an activating group) is 2. The lowest BCUT2D eigenvalue weighted by molar-refractivity contribution is -0.121. The second kappa shape index (κ2) is 7.13. The molecule has 1 rings (SSSR count). The normalized spacial score (nSPS) is 10.1. The van der Waals surface area contributed by atoms with Crippen molar-refractivity contribution >= 4 is 33.4 Å². The Morgan fingerprint density at radius 2 is 2.05 bits per heavy atom. The van der Waals surface area contributed by atoms with Gasteiger partial charge in [0.2, 0.25) is 5.91 Å². The Labute approximate surface area is 121 Å². The highest BCUT2D eigenvalue weighted by atomic mass is 79.9. The van der Waals surface area contributed by atoms with E-state index < -0.39 is 0 Å². The molecule has 0 saturated carbocycles. The van der Waals surface area contributed by atoms with Gasteiger partial charge in [-0.1, -0.05) is 15.9 Å². The zero-order chi connectivity index (χ0) is 14.4. The van der Waals surface area contributed by atoms with Crippen LogP contribution in [0.1, 0.15) is 24.2 Å². The van der Waals surface area contributed by atoms with Crippen molar-refractivity contribution in [3.8, 4) is 0 Å². The molecule has 0 unspecified atom stereocenters. The van der Waals surface area contributed by atoms with Gasteiger partial charge in [-0.2, -0.15) is 0 Å². The predicted molar refractivity (Wildman–Crippen MR) is 78.8 cm³/mol. The zero-order valence-electron chi connectivity index (χ0n) is 11.1. The van der Waals surface area contributed by atoms with Crippen LogP contribution in [0.2, 0.25) is 0 Å². The molecule has 0 aromatic heterocycles. The molecule has 0 heterocycles. The van der Waals surface area contributed by atoms with Gasteiger partial charge in [-0.05, 0) is 32.0 Å². The number of hydrogen-bond acceptors (Lipinski definition) is 3. The summed E-state index contributed by atoms with van der Waals surface area (Å²) in [7, 11) is 0. The number of hydrogen-bond donors (Lipinski definition) is 2. The monoisotopic (exact) mass is 327 g/mol. The van der Waals surface area contributed by atoms with Crippen molar-refractivity contribution in [2.45, 2.75) is 13.8 Å². The molecule has 19 heavy (non-hydrogen) atoms. The highest BCUT2D eigenvalue weighted by Gasteiger charge is 2.19. The van der Waals surface area contributed by atoms with E-state index in [0.29, 0.717) is 24.3 Å². The third-order valence-corrected chi connectivity index (χ3v) is 3.11. The fraction of sp³-hybridized carbons (Fsp3) is 0.385. The fourth-order valence-electron chi connectivity index (χ4n) is 1.65. The summed E-state index contributed by atoms with van der Waals surface area (Å²) in [6.07, 6.45) is 0. The smallest absolute Gasteiger partial charge is 0.256 e. The Hall–Kier alpha value is -1.56. The lowest BCUT2D eigenvalue weighted by atomic mass is 10.1. The van der Waals surface area contributed by atoms with Gasteiger partial charge in [0.1, 0.15) is 0 Å². The maximum absolute atomic E-state index is 12.3. The Bertz CT molecular complexity index is 477. The molecular weight excluding hydrogens is 310 g/mol. The number of nitrogens with two attached hydrogens (primary N) is 1. The number of amides is 2. The van der Waals surface area contributed by atoms with Crippen LogP contribution in [0.5, 0.6) is 0 Å². The first-order valence-electron chi connectivity index (χ1n) is 6.10. The van der Waals surface area contributed by atoms with Gasteiger partial charge >= 0.3 is 0 Å². The van der Waals surface area contributed by atoms with Crippen LogP contribution in [0, 0.1) is 0 Å². The first-order chi connectivity index (χ1) is 8.99. The Morgan fingerprint density at radius 3 is 2.58 bits per heavy atom. The molecule has 0 aliphatic rings. The molecular formula is C13H18BrN3O2. The minimum atomic E-state index is -0.237. The van der Waals surface area contributed by atoms with Gasteiger partial charge in [0, 0.05) is 23.2 Å². The molecule has 0 spiro atoms. The van der Waals surface area contributed by atoms with Crippen LogP contribution in [0.4, 0.5) is 5.69 Å². The standard InChI is InChI=1S/C13H18BrN3O2/c1-3-16-12(18)8-17(4-2)13(19)10-6-5-9(14)7-11(10)15/h5-7H,3-4,8,15H2,1-2H3,(H,16,18). The van der Waals surface area contributed by atoms with Crippen molar-refractivity contribution < 1.29 is 9.59 Å². The van der Waals surface area contributed by atoms with Crippen LogP contribution in [0.25, 0.3) is 0 Å². The van der Waals surface area contributed by atoms with Crippen LogP contribution in [0.15, 0.2) is 22.7 Å². The van der Waals surface area contributed by atoms with Gasteiger partial charge in [-0.3, -0.25) is 9.59 Å². The first-order valence-corrected chi connectivity index (χ1v) is 6.89. The van der Waals surface area contributed by atoms with Gasteiger partial charge in [-0.15, -0.1) is 0 Å². The van der Waals surface area contributed by atoms with Crippen LogP contribution in [0.3, 0.4) is 0 Å². The average molecular weight is 328 g/mol. The topological polar surface area (TPSA) is 75.4 Å². The van der Waals surface area contributed by atoms with Crippen LogP contribution >= 0.6 is 15.9 Å². The molecule has 0 aliphatic carbocycles. The lowest BCUT2D eigenvalue weighted by Gasteiger charge is -2.21.